The van der Waals surface area contributed by atoms with Crippen LogP contribution in [-0.4, -0.2) is 23.1 Å². The van der Waals surface area contributed by atoms with Crippen LogP contribution in [-0.2, 0) is 11.8 Å². The molecule has 0 saturated carbocycles. The average molecular weight is 387 g/mol. The van der Waals surface area contributed by atoms with Crippen molar-refractivity contribution >= 4 is 28.4 Å². The van der Waals surface area contributed by atoms with Gasteiger partial charge < -0.3 is 14.6 Å². The zero-order valence-corrected chi connectivity index (χ0v) is 17.1. The molecule has 0 spiro atoms. The highest BCUT2D eigenvalue weighted by atomic mass is 35.5. The van der Waals surface area contributed by atoms with Gasteiger partial charge in [0.25, 0.3) is 5.91 Å². The Labute approximate surface area is 166 Å². The van der Waals surface area contributed by atoms with Gasteiger partial charge in [-0.25, -0.2) is 0 Å². The van der Waals surface area contributed by atoms with Crippen LogP contribution in [0.15, 0.2) is 60.4 Å². The maximum Gasteiger partial charge on any atom is 0.268 e. The standard InChI is InChI=1S/C20H21ClN2O2.C2H6/c1-4-6-19-15(5-2)16(9-10-25-19)22-20(24)18-11-13-7-8-14(21)12-17(13)23(18)3;1-2/h4-8,11-12,16H,2,9-10H2,1,3H3,(H,22,24);1-2H3/b6-4-;. The molecule has 1 amide bonds. The second-order valence-electron chi connectivity index (χ2n) is 5.98. The number of benzene rings is 1. The van der Waals surface area contributed by atoms with Crippen molar-refractivity contribution in [1.29, 1.82) is 0 Å². The van der Waals surface area contributed by atoms with Crippen molar-refractivity contribution in [3.63, 3.8) is 0 Å². The highest BCUT2D eigenvalue weighted by Gasteiger charge is 2.24. The molecular weight excluding hydrogens is 360 g/mol. The van der Waals surface area contributed by atoms with Crippen LogP contribution in [0.5, 0.6) is 0 Å². The van der Waals surface area contributed by atoms with Crippen LogP contribution < -0.4 is 5.32 Å². The normalized spacial score (nSPS) is 16.7. The van der Waals surface area contributed by atoms with Gasteiger partial charge in [0, 0.05) is 35.0 Å². The fourth-order valence-corrected chi connectivity index (χ4v) is 3.31. The third-order valence-electron chi connectivity index (χ3n) is 4.41. The van der Waals surface area contributed by atoms with Gasteiger partial charge >= 0.3 is 0 Å². The Morgan fingerprint density at radius 1 is 1.37 bits per heavy atom. The number of hydrogen-bond donors (Lipinski definition) is 1. The molecule has 1 aliphatic rings. The van der Waals surface area contributed by atoms with Crippen LogP contribution in [0.25, 0.3) is 10.9 Å². The third-order valence-corrected chi connectivity index (χ3v) is 4.64. The SMILES string of the molecule is C=CC1=C(/C=C\C)OCCC1NC(=O)c1cc2ccc(Cl)cc2n1C.CC. The van der Waals surface area contributed by atoms with E-state index in [2.05, 4.69) is 11.9 Å². The Bertz CT molecular complexity index is 893. The number of amides is 1. The molecule has 0 fully saturated rings. The molecule has 5 heteroatoms. The number of allylic oxidation sites excluding steroid dienone is 2. The van der Waals surface area contributed by atoms with Gasteiger partial charge in [0.05, 0.1) is 12.6 Å². The Morgan fingerprint density at radius 2 is 2.11 bits per heavy atom. The zero-order valence-electron chi connectivity index (χ0n) is 16.4. The molecule has 2 aromatic rings. The fraction of sp³-hybridized carbons (Fsp3) is 0.318. The molecule has 0 radical (unpaired) electrons. The molecule has 0 aliphatic carbocycles. The van der Waals surface area contributed by atoms with Crippen LogP contribution in [0.3, 0.4) is 0 Å². The average Bonchev–Trinajstić information content (AvgIpc) is 3.00. The number of nitrogens with one attached hydrogen (secondary N) is 1. The van der Waals surface area contributed by atoms with Crippen molar-refractivity contribution in [1.82, 2.24) is 9.88 Å². The Kier molecular flexibility index (Phi) is 7.31. The molecule has 1 aromatic carbocycles. The topological polar surface area (TPSA) is 43.3 Å². The van der Waals surface area contributed by atoms with Gasteiger partial charge in [-0.05, 0) is 31.2 Å². The van der Waals surface area contributed by atoms with Crippen LogP contribution in [0.1, 0.15) is 37.7 Å². The zero-order chi connectivity index (χ0) is 20.0. The number of aromatic nitrogens is 1. The third kappa shape index (κ3) is 4.45. The summed E-state index contributed by atoms with van der Waals surface area (Å²) < 4.78 is 7.54. The molecule has 144 valence electrons. The van der Waals surface area contributed by atoms with Crippen molar-refractivity contribution in [3.05, 3.63) is 71.1 Å². The molecule has 27 heavy (non-hydrogen) atoms. The van der Waals surface area contributed by atoms with Crippen LogP contribution >= 0.6 is 11.6 Å². The van der Waals surface area contributed by atoms with Crippen molar-refractivity contribution < 1.29 is 9.53 Å². The van der Waals surface area contributed by atoms with Crippen LogP contribution in [0, 0.1) is 0 Å². The van der Waals surface area contributed by atoms with Gasteiger partial charge in [-0.2, -0.15) is 0 Å². The number of rotatable bonds is 4. The Morgan fingerprint density at radius 3 is 2.78 bits per heavy atom. The number of hydrogen-bond acceptors (Lipinski definition) is 2. The number of halogens is 1. The molecule has 1 atom stereocenters. The highest BCUT2D eigenvalue weighted by Crippen LogP contribution is 2.25. The van der Waals surface area contributed by atoms with Crippen molar-refractivity contribution in [2.75, 3.05) is 6.61 Å². The number of aryl methyl sites for hydroxylation is 1. The summed E-state index contributed by atoms with van der Waals surface area (Å²) in [6, 6.07) is 7.37. The van der Waals surface area contributed by atoms with E-state index in [4.69, 9.17) is 16.3 Å². The van der Waals surface area contributed by atoms with Crippen molar-refractivity contribution in [3.8, 4) is 0 Å². The molecule has 3 rings (SSSR count). The molecule has 0 bridgehead atoms. The monoisotopic (exact) mass is 386 g/mol. The highest BCUT2D eigenvalue weighted by molar-refractivity contribution is 6.31. The Hall–Kier alpha value is -2.46. The van der Waals surface area contributed by atoms with E-state index < -0.39 is 0 Å². The maximum absolute atomic E-state index is 12.8. The molecule has 0 saturated heterocycles. The number of ether oxygens (including phenoxy) is 1. The Balaban J connectivity index is 0.00000126. The summed E-state index contributed by atoms with van der Waals surface area (Å²) in [6.07, 6.45) is 6.27. The van der Waals surface area contributed by atoms with E-state index in [1.54, 1.807) is 6.08 Å². The maximum atomic E-state index is 12.8. The fourth-order valence-electron chi connectivity index (χ4n) is 3.14. The number of carbonyl (C=O) groups excluding carboxylic acids is 1. The largest absolute Gasteiger partial charge is 0.493 e. The van der Waals surface area contributed by atoms with Gasteiger partial charge in [-0.1, -0.05) is 50.2 Å². The summed E-state index contributed by atoms with van der Waals surface area (Å²) in [7, 11) is 1.87. The lowest BCUT2D eigenvalue weighted by Crippen LogP contribution is -2.39. The second kappa shape index (κ2) is 9.47. The molecule has 2 heterocycles. The molecule has 1 aliphatic heterocycles. The quantitative estimate of drug-likeness (QED) is 0.765. The first kappa shape index (κ1) is 20.8. The van der Waals surface area contributed by atoms with Gasteiger partial charge in [-0.3, -0.25) is 4.79 Å². The van der Waals surface area contributed by atoms with E-state index in [1.807, 2.05) is 68.8 Å². The van der Waals surface area contributed by atoms with Crippen LogP contribution in [0.2, 0.25) is 5.02 Å². The van der Waals surface area contributed by atoms with E-state index in [1.165, 1.54) is 0 Å². The summed E-state index contributed by atoms with van der Waals surface area (Å²) in [4.78, 5) is 12.8. The number of carbonyl (C=O) groups is 1. The lowest BCUT2D eigenvalue weighted by molar-refractivity contribution is 0.0918. The summed E-state index contributed by atoms with van der Waals surface area (Å²) in [5.74, 6) is 0.638. The van der Waals surface area contributed by atoms with E-state index in [9.17, 15) is 4.79 Å². The number of fused-ring (bicyclic) bond motifs is 1. The van der Waals surface area contributed by atoms with E-state index in [-0.39, 0.29) is 11.9 Å². The van der Waals surface area contributed by atoms with Crippen LogP contribution in [0.4, 0.5) is 0 Å². The van der Waals surface area contributed by atoms with Crippen molar-refractivity contribution in [2.45, 2.75) is 33.2 Å². The summed E-state index contributed by atoms with van der Waals surface area (Å²) >= 11 is 6.07. The molecule has 4 nitrogen and oxygen atoms in total. The summed E-state index contributed by atoms with van der Waals surface area (Å²) in [5.41, 5.74) is 2.43. The first-order valence-corrected chi connectivity index (χ1v) is 9.61. The van der Waals surface area contributed by atoms with Gasteiger partial charge in [0.1, 0.15) is 11.5 Å². The molecule has 1 unspecified atom stereocenters. The molecular formula is C22H27ClN2O2. The second-order valence-corrected chi connectivity index (χ2v) is 6.42. The van der Waals surface area contributed by atoms with Gasteiger partial charge in [-0.15, -0.1) is 0 Å². The van der Waals surface area contributed by atoms with E-state index >= 15 is 0 Å². The van der Waals surface area contributed by atoms with Gasteiger partial charge in [0.15, 0.2) is 0 Å². The lowest BCUT2D eigenvalue weighted by Gasteiger charge is -2.27. The summed E-state index contributed by atoms with van der Waals surface area (Å²) in [5, 5.41) is 4.74. The predicted molar refractivity (Wildman–Crippen MR) is 113 cm³/mol. The minimum atomic E-state index is -0.124. The van der Waals surface area contributed by atoms with E-state index in [0.29, 0.717) is 23.7 Å². The van der Waals surface area contributed by atoms with E-state index in [0.717, 1.165) is 22.2 Å². The first-order valence-electron chi connectivity index (χ1n) is 9.23. The smallest absolute Gasteiger partial charge is 0.268 e. The predicted octanol–water partition coefficient (Wildman–Crippen LogP) is 5.39. The van der Waals surface area contributed by atoms with Crippen molar-refractivity contribution in [2.24, 2.45) is 7.05 Å². The van der Waals surface area contributed by atoms with Gasteiger partial charge in [0.2, 0.25) is 0 Å². The molecule has 1 aromatic heterocycles. The summed E-state index contributed by atoms with van der Waals surface area (Å²) in [6.45, 7) is 10.4. The first-order chi connectivity index (χ1) is 13.0. The number of nitrogens with zero attached hydrogens (tertiary/aromatic N) is 1. The minimum absolute atomic E-state index is 0.119. The minimum Gasteiger partial charge on any atom is -0.493 e. The lowest BCUT2D eigenvalue weighted by atomic mass is 10.00. The molecule has 1 N–H and O–H groups in total.